The molecular formula is C11H20O3. The van der Waals surface area contributed by atoms with Crippen LogP contribution in [0.1, 0.15) is 25.7 Å². The van der Waals surface area contributed by atoms with Crippen molar-refractivity contribution in [1.82, 2.24) is 0 Å². The van der Waals surface area contributed by atoms with Crippen LogP contribution < -0.4 is 0 Å². The van der Waals surface area contributed by atoms with Crippen molar-refractivity contribution >= 4 is 0 Å². The van der Waals surface area contributed by atoms with Crippen molar-refractivity contribution in [3.05, 3.63) is 12.7 Å². The monoisotopic (exact) mass is 200 g/mol. The van der Waals surface area contributed by atoms with Crippen LogP contribution in [0.2, 0.25) is 0 Å². The summed E-state index contributed by atoms with van der Waals surface area (Å²) in [6.45, 7) is 5.60. The van der Waals surface area contributed by atoms with Crippen molar-refractivity contribution < 1.29 is 14.9 Å². The summed E-state index contributed by atoms with van der Waals surface area (Å²) >= 11 is 0. The molecule has 0 amide bonds. The molecule has 1 rings (SSSR count). The normalized spacial score (nSPS) is 27.5. The predicted octanol–water partition coefficient (Wildman–Crippen LogP) is 2.49. The zero-order valence-corrected chi connectivity index (χ0v) is 8.65. The fourth-order valence-electron chi connectivity index (χ4n) is 1.99. The smallest absolute Gasteiger partial charge is 0.0847 e. The Kier molecular flexibility index (Phi) is 5.83. The van der Waals surface area contributed by atoms with Crippen LogP contribution in [-0.4, -0.2) is 25.1 Å². The minimum atomic E-state index is 0.486. The van der Waals surface area contributed by atoms with Crippen LogP contribution in [0.3, 0.4) is 0 Å². The predicted molar refractivity (Wildman–Crippen MR) is 55.0 cm³/mol. The zero-order valence-electron chi connectivity index (χ0n) is 8.65. The van der Waals surface area contributed by atoms with E-state index in [2.05, 4.69) is 11.5 Å². The Morgan fingerprint density at radius 1 is 1.14 bits per heavy atom. The lowest BCUT2D eigenvalue weighted by Crippen LogP contribution is -2.21. The Bertz CT molecular complexity index is 151. The molecule has 82 valence electrons. The summed E-state index contributed by atoms with van der Waals surface area (Å²) in [6, 6.07) is 0. The largest absolute Gasteiger partial charge is 0.377 e. The zero-order chi connectivity index (χ0) is 10.2. The highest BCUT2D eigenvalue weighted by Gasteiger charge is 2.21. The minimum Gasteiger partial charge on any atom is -0.377 e. The van der Waals surface area contributed by atoms with E-state index in [0.717, 1.165) is 19.4 Å². The topological polar surface area (TPSA) is 38.7 Å². The van der Waals surface area contributed by atoms with Crippen LogP contribution >= 0.6 is 0 Å². The molecule has 1 saturated carbocycles. The average Bonchev–Trinajstić information content (AvgIpc) is 2.21. The fourth-order valence-corrected chi connectivity index (χ4v) is 1.99. The second-order valence-electron chi connectivity index (χ2n) is 4.01. The molecule has 1 aliphatic rings. The maximum atomic E-state index is 8.32. The Balaban J connectivity index is 2.06. The molecule has 1 aliphatic carbocycles. The maximum absolute atomic E-state index is 8.32. The van der Waals surface area contributed by atoms with Gasteiger partial charge < -0.3 is 4.74 Å². The van der Waals surface area contributed by atoms with Crippen molar-refractivity contribution in [2.75, 3.05) is 19.8 Å². The van der Waals surface area contributed by atoms with Gasteiger partial charge in [-0.25, -0.2) is 4.89 Å². The molecule has 0 radical (unpaired) electrons. The van der Waals surface area contributed by atoms with Gasteiger partial charge in [-0.15, -0.1) is 6.58 Å². The first kappa shape index (κ1) is 11.7. The summed E-state index contributed by atoms with van der Waals surface area (Å²) in [4.78, 5) is 4.17. The van der Waals surface area contributed by atoms with Gasteiger partial charge in [0, 0.05) is 6.61 Å². The molecule has 0 unspecified atom stereocenters. The van der Waals surface area contributed by atoms with Crippen molar-refractivity contribution in [3.8, 4) is 0 Å². The third-order valence-corrected chi connectivity index (χ3v) is 2.87. The quantitative estimate of drug-likeness (QED) is 0.310. The summed E-state index contributed by atoms with van der Waals surface area (Å²) in [5.74, 6) is 1.22. The van der Waals surface area contributed by atoms with Gasteiger partial charge in [0.2, 0.25) is 0 Å². The molecular weight excluding hydrogens is 180 g/mol. The first-order valence-electron chi connectivity index (χ1n) is 5.31. The molecule has 3 heteroatoms. The molecule has 0 aromatic carbocycles. The van der Waals surface area contributed by atoms with Gasteiger partial charge in [0.15, 0.2) is 0 Å². The number of hydrogen-bond donors (Lipinski definition) is 1. The summed E-state index contributed by atoms with van der Waals surface area (Å²) in [7, 11) is 0. The van der Waals surface area contributed by atoms with Crippen LogP contribution in [0.4, 0.5) is 0 Å². The highest BCUT2D eigenvalue weighted by molar-refractivity contribution is 4.72. The number of rotatable bonds is 6. The van der Waals surface area contributed by atoms with Crippen LogP contribution in [0.25, 0.3) is 0 Å². The Hall–Kier alpha value is -0.380. The van der Waals surface area contributed by atoms with Crippen molar-refractivity contribution in [2.45, 2.75) is 25.7 Å². The molecule has 0 saturated heterocycles. The van der Waals surface area contributed by atoms with Crippen LogP contribution in [0, 0.1) is 11.8 Å². The van der Waals surface area contributed by atoms with Crippen LogP contribution in [-0.2, 0) is 9.62 Å². The van der Waals surface area contributed by atoms with Gasteiger partial charge in [-0.1, -0.05) is 6.08 Å². The highest BCUT2D eigenvalue weighted by atomic mass is 17.1. The highest BCUT2D eigenvalue weighted by Crippen LogP contribution is 2.28. The average molecular weight is 200 g/mol. The minimum absolute atomic E-state index is 0.486. The lowest BCUT2D eigenvalue weighted by Gasteiger charge is -2.27. The van der Waals surface area contributed by atoms with Crippen LogP contribution in [0.15, 0.2) is 12.7 Å². The number of ether oxygens (including phenoxy) is 1. The van der Waals surface area contributed by atoms with Crippen molar-refractivity contribution in [1.29, 1.82) is 0 Å². The molecule has 0 atom stereocenters. The number of hydrogen-bond acceptors (Lipinski definition) is 3. The molecule has 1 fully saturated rings. The Morgan fingerprint density at radius 2 is 1.71 bits per heavy atom. The summed E-state index contributed by atoms with van der Waals surface area (Å²) in [5.41, 5.74) is 0. The lowest BCUT2D eigenvalue weighted by atomic mass is 9.83. The van der Waals surface area contributed by atoms with Gasteiger partial charge in [0.05, 0.1) is 13.2 Å². The first-order valence-corrected chi connectivity index (χ1v) is 5.31. The van der Waals surface area contributed by atoms with E-state index in [-0.39, 0.29) is 0 Å². The molecule has 0 aromatic heterocycles. The van der Waals surface area contributed by atoms with E-state index in [1.165, 1.54) is 12.8 Å². The van der Waals surface area contributed by atoms with Crippen molar-refractivity contribution in [2.24, 2.45) is 11.8 Å². The van der Waals surface area contributed by atoms with Gasteiger partial charge >= 0.3 is 0 Å². The van der Waals surface area contributed by atoms with Crippen molar-refractivity contribution in [3.63, 3.8) is 0 Å². The molecule has 3 nitrogen and oxygen atoms in total. The van der Waals surface area contributed by atoms with E-state index in [0.29, 0.717) is 25.0 Å². The summed E-state index contributed by atoms with van der Waals surface area (Å²) < 4.78 is 5.42. The SMILES string of the molecule is C=CCOCC1CCC(COO)CC1. The molecule has 0 aromatic rings. The molecule has 1 N–H and O–H groups in total. The van der Waals surface area contributed by atoms with E-state index in [4.69, 9.17) is 9.99 Å². The molecule has 0 bridgehead atoms. The maximum Gasteiger partial charge on any atom is 0.0847 e. The van der Waals surface area contributed by atoms with E-state index >= 15 is 0 Å². The standard InChI is InChI=1S/C11H20O3/c1-2-7-13-8-10-3-5-11(6-4-10)9-14-12/h2,10-12H,1,3-9H2. The molecule has 14 heavy (non-hydrogen) atoms. The Labute approximate surface area is 85.6 Å². The van der Waals surface area contributed by atoms with E-state index < -0.39 is 0 Å². The van der Waals surface area contributed by atoms with Gasteiger partial charge in [0.25, 0.3) is 0 Å². The van der Waals surface area contributed by atoms with Gasteiger partial charge in [-0.2, -0.15) is 0 Å². The second-order valence-corrected chi connectivity index (χ2v) is 4.01. The van der Waals surface area contributed by atoms with E-state index in [9.17, 15) is 0 Å². The van der Waals surface area contributed by atoms with E-state index in [1.807, 2.05) is 0 Å². The lowest BCUT2D eigenvalue weighted by molar-refractivity contribution is -0.252. The third-order valence-electron chi connectivity index (χ3n) is 2.87. The van der Waals surface area contributed by atoms with Gasteiger partial charge in [0.1, 0.15) is 0 Å². The summed E-state index contributed by atoms with van der Waals surface area (Å²) in [6.07, 6.45) is 6.44. The van der Waals surface area contributed by atoms with E-state index in [1.54, 1.807) is 6.08 Å². The Morgan fingerprint density at radius 3 is 2.21 bits per heavy atom. The second kappa shape index (κ2) is 6.98. The molecule has 0 spiro atoms. The summed E-state index contributed by atoms with van der Waals surface area (Å²) in [5, 5.41) is 8.32. The fraction of sp³-hybridized carbons (Fsp3) is 0.818. The molecule has 0 aliphatic heterocycles. The molecule has 0 heterocycles. The van der Waals surface area contributed by atoms with Crippen LogP contribution in [0.5, 0.6) is 0 Å². The first-order chi connectivity index (χ1) is 6.86. The van der Waals surface area contributed by atoms with Gasteiger partial charge in [-0.05, 0) is 37.5 Å². The third kappa shape index (κ3) is 4.22. The van der Waals surface area contributed by atoms with Gasteiger partial charge in [-0.3, -0.25) is 5.26 Å².